The number of anilines is 2. The second kappa shape index (κ2) is 6.35. The molecular formula is C18H23N3O3S2. The van der Waals surface area contributed by atoms with Crippen molar-refractivity contribution in [3.05, 3.63) is 40.4 Å². The van der Waals surface area contributed by atoms with Crippen LogP contribution < -0.4 is 9.62 Å². The summed E-state index contributed by atoms with van der Waals surface area (Å²) in [5, 5.41) is 5.34. The monoisotopic (exact) mass is 393 g/mol. The van der Waals surface area contributed by atoms with Gasteiger partial charge in [0.05, 0.1) is 17.6 Å². The summed E-state index contributed by atoms with van der Waals surface area (Å²) in [5.41, 5.74) is 2.88. The van der Waals surface area contributed by atoms with E-state index in [1.54, 1.807) is 18.2 Å². The molecule has 8 heteroatoms. The number of hydrogen-bond donors (Lipinski definition) is 1. The molecule has 1 aromatic carbocycles. The van der Waals surface area contributed by atoms with Gasteiger partial charge in [0, 0.05) is 22.4 Å². The highest BCUT2D eigenvalue weighted by atomic mass is 32.2. The third-order valence-electron chi connectivity index (χ3n) is 4.35. The minimum absolute atomic E-state index is 0.0711. The van der Waals surface area contributed by atoms with Gasteiger partial charge >= 0.3 is 0 Å². The molecule has 6 nitrogen and oxygen atoms in total. The Labute approximate surface area is 158 Å². The lowest BCUT2D eigenvalue weighted by molar-refractivity contribution is 0.102. The smallest absolute Gasteiger partial charge is 0.257 e. The molecular weight excluding hydrogens is 370 g/mol. The zero-order chi connectivity index (χ0) is 19.3. The number of benzene rings is 1. The van der Waals surface area contributed by atoms with E-state index in [-0.39, 0.29) is 17.4 Å². The summed E-state index contributed by atoms with van der Waals surface area (Å²) in [4.78, 5) is 17.0. The van der Waals surface area contributed by atoms with Crippen LogP contribution in [-0.2, 0) is 21.9 Å². The number of hydrogen-bond acceptors (Lipinski definition) is 5. The predicted molar refractivity (Wildman–Crippen MR) is 106 cm³/mol. The van der Waals surface area contributed by atoms with Crippen molar-refractivity contribution >= 4 is 38.1 Å². The van der Waals surface area contributed by atoms with Gasteiger partial charge in [0.25, 0.3) is 5.91 Å². The molecule has 2 heterocycles. The summed E-state index contributed by atoms with van der Waals surface area (Å²) >= 11 is 1.40. The summed E-state index contributed by atoms with van der Waals surface area (Å²) in [6.45, 7) is 8.08. The first-order valence-electron chi connectivity index (χ1n) is 8.36. The molecule has 0 bridgehead atoms. The number of amides is 1. The van der Waals surface area contributed by atoms with Crippen LogP contribution in [0.5, 0.6) is 0 Å². The molecule has 2 aromatic rings. The van der Waals surface area contributed by atoms with E-state index in [0.717, 1.165) is 11.3 Å². The molecule has 1 unspecified atom stereocenters. The zero-order valence-corrected chi connectivity index (χ0v) is 17.2. The fourth-order valence-electron chi connectivity index (χ4n) is 3.09. The lowest BCUT2D eigenvalue weighted by Gasteiger charge is -2.21. The van der Waals surface area contributed by atoms with Crippen LogP contribution in [0, 0.1) is 0 Å². The number of nitrogens with zero attached hydrogens (tertiary/aromatic N) is 2. The Kier molecular flexibility index (Phi) is 4.60. The van der Waals surface area contributed by atoms with Crippen molar-refractivity contribution in [3.8, 4) is 0 Å². The molecule has 0 aliphatic carbocycles. The Balaban J connectivity index is 1.82. The van der Waals surface area contributed by atoms with Crippen molar-refractivity contribution in [2.24, 2.45) is 0 Å². The lowest BCUT2D eigenvalue weighted by atomic mass is 9.93. The Morgan fingerprint density at radius 1 is 1.35 bits per heavy atom. The SMILES string of the molecule is CC1Cc2cc(C(=O)Nc3nc(C(C)(C)C)cs3)ccc2N1S(C)(=O)=O. The molecule has 0 fully saturated rings. The van der Waals surface area contributed by atoms with Crippen LogP contribution in [0.1, 0.15) is 49.3 Å². The third-order valence-corrected chi connectivity index (χ3v) is 6.37. The number of thiazole rings is 1. The molecule has 0 radical (unpaired) electrons. The average Bonchev–Trinajstić information content (AvgIpc) is 3.08. The molecule has 0 spiro atoms. The van der Waals surface area contributed by atoms with Gasteiger partial charge in [0.2, 0.25) is 10.0 Å². The standard InChI is InChI=1S/C18H23N3O3S2/c1-11-8-13-9-12(6-7-14(13)21(11)26(5,23)24)16(22)20-17-19-15(10-25-17)18(2,3)4/h6-7,9-11H,8H2,1-5H3,(H,19,20,22). The first kappa shape index (κ1) is 18.8. The molecule has 1 aliphatic rings. The molecule has 1 N–H and O–H groups in total. The van der Waals surface area contributed by atoms with Gasteiger partial charge in [-0.2, -0.15) is 0 Å². The van der Waals surface area contributed by atoms with E-state index >= 15 is 0 Å². The maximum absolute atomic E-state index is 12.6. The minimum Gasteiger partial charge on any atom is -0.298 e. The molecule has 3 rings (SSSR count). The fraction of sp³-hybridized carbons (Fsp3) is 0.444. The number of nitrogens with one attached hydrogen (secondary N) is 1. The number of carbonyl (C=O) groups is 1. The van der Waals surface area contributed by atoms with E-state index < -0.39 is 10.0 Å². The topological polar surface area (TPSA) is 79.4 Å². The number of sulfonamides is 1. The molecule has 140 valence electrons. The summed E-state index contributed by atoms with van der Waals surface area (Å²) in [5.74, 6) is -0.243. The van der Waals surface area contributed by atoms with Crippen molar-refractivity contribution in [1.29, 1.82) is 0 Å². The highest BCUT2D eigenvalue weighted by Crippen LogP contribution is 2.35. The Hall–Kier alpha value is -1.93. The maximum Gasteiger partial charge on any atom is 0.257 e. The summed E-state index contributed by atoms with van der Waals surface area (Å²) in [6, 6.07) is 4.98. The van der Waals surface area contributed by atoms with E-state index in [1.807, 2.05) is 12.3 Å². The Morgan fingerprint density at radius 3 is 2.62 bits per heavy atom. The maximum atomic E-state index is 12.6. The van der Waals surface area contributed by atoms with Crippen molar-refractivity contribution in [3.63, 3.8) is 0 Å². The van der Waals surface area contributed by atoms with Gasteiger partial charge in [-0.3, -0.25) is 14.4 Å². The number of rotatable bonds is 3. The minimum atomic E-state index is -3.33. The van der Waals surface area contributed by atoms with E-state index in [0.29, 0.717) is 22.8 Å². The number of carbonyl (C=O) groups excluding carboxylic acids is 1. The van der Waals surface area contributed by atoms with E-state index in [1.165, 1.54) is 21.9 Å². The molecule has 1 atom stereocenters. The van der Waals surface area contributed by atoms with Gasteiger partial charge in [-0.05, 0) is 37.1 Å². The average molecular weight is 394 g/mol. The summed E-state index contributed by atoms with van der Waals surface area (Å²) in [6.07, 6.45) is 1.80. The van der Waals surface area contributed by atoms with Gasteiger partial charge in [0.15, 0.2) is 5.13 Å². The highest BCUT2D eigenvalue weighted by Gasteiger charge is 2.32. The molecule has 1 aromatic heterocycles. The van der Waals surface area contributed by atoms with E-state index in [4.69, 9.17) is 0 Å². The van der Waals surface area contributed by atoms with E-state index in [9.17, 15) is 13.2 Å². The third kappa shape index (κ3) is 3.61. The Morgan fingerprint density at radius 2 is 2.04 bits per heavy atom. The van der Waals surface area contributed by atoms with Crippen LogP contribution in [0.25, 0.3) is 0 Å². The van der Waals surface area contributed by atoms with Crippen LogP contribution in [0.2, 0.25) is 0 Å². The fourth-order valence-corrected chi connectivity index (χ4v) is 5.29. The van der Waals surface area contributed by atoms with Crippen molar-refractivity contribution < 1.29 is 13.2 Å². The summed E-state index contributed by atoms with van der Waals surface area (Å²) < 4.78 is 25.4. The van der Waals surface area contributed by atoms with Crippen LogP contribution >= 0.6 is 11.3 Å². The quantitative estimate of drug-likeness (QED) is 0.867. The summed E-state index contributed by atoms with van der Waals surface area (Å²) in [7, 11) is -3.33. The largest absolute Gasteiger partial charge is 0.298 e. The van der Waals surface area contributed by atoms with Gasteiger partial charge in [0.1, 0.15) is 0 Å². The van der Waals surface area contributed by atoms with Gasteiger partial charge in [-0.15, -0.1) is 11.3 Å². The first-order chi connectivity index (χ1) is 12.0. The predicted octanol–water partition coefficient (Wildman–Crippen LogP) is 3.40. The van der Waals surface area contributed by atoms with Gasteiger partial charge < -0.3 is 0 Å². The van der Waals surface area contributed by atoms with Gasteiger partial charge in [-0.25, -0.2) is 13.4 Å². The van der Waals surface area contributed by atoms with Crippen LogP contribution in [0.15, 0.2) is 23.6 Å². The molecule has 0 saturated heterocycles. The van der Waals surface area contributed by atoms with Crippen molar-refractivity contribution in [2.75, 3.05) is 15.9 Å². The highest BCUT2D eigenvalue weighted by molar-refractivity contribution is 7.92. The molecule has 1 amide bonds. The normalized spacial score (nSPS) is 17.3. The zero-order valence-electron chi connectivity index (χ0n) is 15.5. The molecule has 1 aliphatic heterocycles. The Bertz CT molecular complexity index is 958. The number of fused-ring (bicyclic) bond motifs is 1. The second-order valence-corrected chi connectivity index (χ2v) is 10.4. The molecule has 0 saturated carbocycles. The molecule has 26 heavy (non-hydrogen) atoms. The number of aromatic nitrogens is 1. The van der Waals surface area contributed by atoms with Crippen LogP contribution in [0.3, 0.4) is 0 Å². The second-order valence-electron chi connectivity index (χ2n) is 7.70. The lowest BCUT2D eigenvalue weighted by Crippen LogP contribution is -2.34. The first-order valence-corrected chi connectivity index (χ1v) is 11.1. The van der Waals surface area contributed by atoms with Crippen molar-refractivity contribution in [1.82, 2.24) is 4.98 Å². The van der Waals surface area contributed by atoms with Gasteiger partial charge in [-0.1, -0.05) is 20.8 Å². The van der Waals surface area contributed by atoms with E-state index in [2.05, 4.69) is 31.1 Å². The van der Waals surface area contributed by atoms with Crippen LogP contribution in [0.4, 0.5) is 10.8 Å². The van der Waals surface area contributed by atoms with Crippen LogP contribution in [-0.4, -0.2) is 31.6 Å². The van der Waals surface area contributed by atoms with Crippen molar-refractivity contribution in [2.45, 2.75) is 45.6 Å².